The molecular formula is C29H44N2O4. The Morgan fingerprint density at radius 1 is 1.00 bits per heavy atom. The summed E-state index contributed by atoms with van der Waals surface area (Å²) in [4.78, 5) is 17.7. The number of amides is 1. The zero-order valence-corrected chi connectivity index (χ0v) is 21.5. The van der Waals surface area contributed by atoms with Gasteiger partial charge in [0.15, 0.2) is 6.61 Å². The van der Waals surface area contributed by atoms with Crippen molar-refractivity contribution in [2.75, 3.05) is 26.4 Å². The van der Waals surface area contributed by atoms with Crippen molar-refractivity contribution in [1.82, 2.24) is 5.32 Å². The molecule has 0 aliphatic heterocycles. The average molecular weight is 485 g/mol. The number of fused-ring (bicyclic) bond motifs is 3. The van der Waals surface area contributed by atoms with Crippen LogP contribution in [0, 0.1) is 17.8 Å². The predicted octanol–water partition coefficient (Wildman–Crippen LogP) is 5.88. The van der Waals surface area contributed by atoms with Crippen molar-refractivity contribution in [3.63, 3.8) is 0 Å². The number of hydrogen-bond donors (Lipinski definition) is 1. The summed E-state index contributed by atoms with van der Waals surface area (Å²) < 4.78 is 11.8. The van der Waals surface area contributed by atoms with E-state index in [1.165, 1.54) is 64.2 Å². The van der Waals surface area contributed by atoms with Gasteiger partial charge in [-0.2, -0.15) is 0 Å². The molecule has 2 bridgehead atoms. The van der Waals surface area contributed by atoms with Crippen molar-refractivity contribution >= 4 is 11.6 Å². The minimum Gasteiger partial charge on any atom is -0.484 e. The Labute approximate surface area is 211 Å². The zero-order chi connectivity index (χ0) is 24.3. The van der Waals surface area contributed by atoms with Crippen molar-refractivity contribution in [3.8, 4) is 5.75 Å². The molecule has 1 amide bonds. The lowest BCUT2D eigenvalue weighted by Gasteiger charge is -2.42. The van der Waals surface area contributed by atoms with Crippen LogP contribution in [0.5, 0.6) is 5.75 Å². The van der Waals surface area contributed by atoms with E-state index in [2.05, 4.69) is 17.4 Å². The van der Waals surface area contributed by atoms with Gasteiger partial charge in [-0.3, -0.25) is 4.79 Å². The lowest BCUT2D eigenvalue weighted by molar-refractivity contribution is -0.123. The SMILES string of the molecule is CC/C(=N\OCCCOC1CC2CCC1CC2)c1ccc(OCC(=O)NCC2CCCCC2)cc1. The van der Waals surface area contributed by atoms with E-state index in [-0.39, 0.29) is 12.5 Å². The number of nitrogens with one attached hydrogen (secondary N) is 1. The number of ether oxygens (including phenoxy) is 2. The molecule has 0 radical (unpaired) electrons. The van der Waals surface area contributed by atoms with Gasteiger partial charge in [-0.1, -0.05) is 31.3 Å². The van der Waals surface area contributed by atoms with E-state index < -0.39 is 0 Å². The van der Waals surface area contributed by atoms with Crippen LogP contribution >= 0.6 is 0 Å². The minimum absolute atomic E-state index is 0.0498. The summed E-state index contributed by atoms with van der Waals surface area (Å²) in [5.41, 5.74) is 1.92. The van der Waals surface area contributed by atoms with Crippen LogP contribution in [0.4, 0.5) is 0 Å². The molecule has 1 atom stereocenters. The minimum atomic E-state index is -0.0520. The van der Waals surface area contributed by atoms with Gasteiger partial charge in [0, 0.05) is 13.0 Å². The molecule has 0 saturated heterocycles. The quantitative estimate of drug-likeness (QED) is 0.216. The number of nitrogens with zero attached hydrogens (tertiary/aromatic N) is 1. The highest BCUT2D eigenvalue weighted by molar-refractivity contribution is 6.00. The van der Waals surface area contributed by atoms with E-state index in [1.807, 2.05) is 24.3 Å². The predicted molar refractivity (Wildman–Crippen MR) is 139 cm³/mol. The maximum atomic E-state index is 12.1. The summed E-state index contributed by atoms with van der Waals surface area (Å²) in [5, 5.41) is 7.38. The first-order chi connectivity index (χ1) is 17.2. The molecule has 4 aliphatic carbocycles. The Morgan fingerprint density at radius 3 is 2.46 bits per heavy atom. The van der Waals surface area contributed by atoms with Crippen molar-refractivity contribution < 1.29 is 19.1 Å². The van der Waals surface area contributed by atoms with Gasteiger partial charge in [-0.05, 0) is 98.9 Å². The fraction of sp³-hybridized carbons (Fsp3) is 0.724. The third kappa shape index (κ3) is 8.23. The zero-order valence-electron chi connectivity index (χ0n) is 21.5. The lowest BCUT2D eigenvalue weighted by atomic mass is 9.69. The van der Waals surface area contributed by atoms with Crippen LogP contribution in [0.2, 0.25) is 0 Å². The second-order valence-electron chi connectivity index (χ2n) is 10.6. The van der Waals surface area contributed by atoms with Crippen molar-refractivity contribution in [3.05, 3.63) is 29.8 Å². The first kappa shape index (κ1) is 26.0. The molecule has 35 heavy (non-hydrogen) atoms. The number of carbonyl (C=O) groups is 1. The molecule has 4 saturated carbocycles. The summed E-state index contributed by atoms with van der Waals surface area (Å²) in [6, 6.07) is 7.73. The van der Waals surface area contributed by atoms with E-state index in [1.54, 1.807) is 0 Å². The molecule has 1 aromatic carbocycles. The van der Waals surface area contributed by atoms with Gasteiger partial charge in [-0.25, -0.2) is 0 Å². The standard InChI is InChI=1S/C29H44N2O4/c1-2-27(31-35-18-6-17-33-28-19-22-9-11-25(28)12-10-22)24-13-15-26(16-14-24)34-21-29(32)30-20-23-7-4-3-5-8-23/h13-16,22-23,25,28H,2-12,17-21H2,1H3,(H,30,32)/b31-27+. The molecule has 0 aromatic heterocycles. The highest BCUT2D eigenvalue weighted by Crippen LogP contribution is 2.42. The van der Waals surface area contributed by atoms with Crippen LogP contribution in [0.25, 0.3) is 0 Å². The van der Waals surface area contributed by atoms with Crippen LogP contribution in [0.3, 0.4) is 0 Å². The normalized spacial score (nSPS) is 24.8. The van der Waals surface area contributed by atoms with Gasteiger partial charge < -0.3 is 19.6 Å². The van der Waals surface area contributed by atoms with Crippen LogP contribution in [-0.2, 0) is 14.4 Å². The molecule has 6 heteroatoms. The summed E-state index contributed by atoms with van der Waals surface area (Å²) in [6.45, 7) is 4.22. The van der Waals surface area contributed by atoms with Crippen LogP contribution in [0.15, 0.2) is 29.4 Å². The van der Waals surface area contributed by atoms with Crippen molar-refractivity contribution in [2.24, 2.45) is 22.9 Å². The summed E-state index contributed by atoms with van der Waals surface area (Å²) in [5.74, 6) is 2.95. The highest BCUT2D eigenvalue weighted by Gasteiger charge is 2.35. The number of benzene rings is 1. The first-order valence-corrected chi connectivity index (χ1v) is 14.0. The largest absolute Gasteiger partial charge is 0.484 e. The van der Waals surface area contributed by atoms with Gasteiger partial charge in [0.05, 0.1) is 18.4 Å². The second kappa shape index (κ2) is 13.9. The van der Waals surface area contributed by atoms with Crippen molar-refractivity contribution in [2.45, 2.75) is 90.1 Å². The van der Waals surface area contributed by atoms with Gasteiger partial charge in [-0.15, -0.1) is 0 Å². The maximum Gasteiger partial charge on any atom is 0.257 e. The van der Waals surface area contributed by atoms with E-state index in [0.717, 1.165) is 49.1 Å². The Kier molecular flexibility index (Phi) is 10.3. The average Bonchev–Trinajstić information content (AvgIpc) is 2.92. The first-order valence-electron chi connectivity index (χ1n) is 14.0. The van der Waals surface area contributed by atoms with E-state index in [0.29, 0.717) is 24.4 Å². The Hall–Kier alpha value is -2.08. The molecule has 5 rings (SSSR count). The van der Waals surface area contributed by atoms with E-state index >= 15 is 0 Å². The second-order valence-corrected chi connectivity index (χ2v) is 10.6. The Bertz CT molecular complexity index is 795. The van der Waals surface area contributed by atoms with Gasteiger partial charge >= 0.3 is 0 Å². The number of oxime groups is 1. The number of rotatable bonds is 13. The van der Waals surface area contributed by atoms with Crippen LogP contribution in [0.1, 0.15) is 89.5 Å². The number of hydrogen-bond acceptors (Lipinski definition) is 5. The van der Waals surface area contributed by atoms with E-state index in [9.17, 15) is 4.79 Å². The molecule has 6 nitrogen and oxygen atoms in total. The molecule has 1 unspecified atom stereocenters. The maximum absolute atomic E-state index is 12.1. The Morgan fingerprint density at radius 2 is 1.77 bits per heavy atom. The molecule has 4 aliphatic rings. The van der Waals surface area contributed by atoms with Crippen LogP contribution in [-0.4, -0.2) is 44.1 Å². The van der Waals surface area contributed by atoms with Gasteiger partial charge in [0.25, 0.3) is 5.91 Å². The van der Waals surface area contributed by atoms with Crippen molar-refractivity contribution in [1.29, 1.82) is 0 Å². The van der Waals surface area contributed by atoms with Gasteiger partial charge in [0.2, 0.25) is 0 Å². The molecule has 0 spiro atoms. The summed E-state index contributed by atoms with van der Waals surface area (Å²) in [7, 11) is 0. The third-order valence-electron chi connectivity index (χ3n) is 8.07. The molecule has 0 heterocycles. The van der Waals surface area contributed by atoms with Crippen LogP contribution < -0.4 is 10.1 Å². The molecule has 4 fully saturated rings. The smallest absolute Gasteiger partial charge is 0.257 e. The summed E-state index contributed by atoms with van der Waals surface area (Å²) >= 11 is 0. The summed E-state index contributed by atoms with van der Waals surface area (Å²) in [6.07, 6.45) is 15.3. The Balaban J connectivity index is 1.11. The topological polar surface area (TPSA) is 69.1 Å². The lowest BCUT2D eigenvalue weighted by Crippen LogP contribution is -2.37. The molecule has 1 aromatic rings. The molecule has 1 N–H and O–H groups in total. The molecule has 194 valence electrons. The van der Waals surface area contributed by atoms with E-state index in [4.69, 9.17) is 14.3 Å². The third-order valence-corrected chi connectivity index (χ3v) is 8.07. The number of carbonyl (C=O) groups excluding carboxylic acids is 1. The highest BCUT2D eigenvalue weighted by atomic mass is 16.6. The van der Waals surface area contributed by atoms with Gasteiger partial charge in [0.1, 0.15) is 12.4 Å². The monoisotopic (exact) mass is 484 g/mol. The fourth-order valence-corrected chi connectivity index (χ4v) is 5.92. The fourth-order valence-electron chi connectivity index (χ4n) is 5.92. The molecular weight excluding hydrogens is 440 g/mol.